The van der Waals surface area contributed by atoms with Crippen LogP contribution in [0.1, 0.15) is 40.3 Å². The summed E-state index contributed by atoms with van der Waals surface area (Å²) in [5.74, 6) is -1.47. The SMILES string of the molecule is CC.COC(=O)c1cc(C(=O)OC)cc(-n2c(C)cc(O)cc2=O)c1. The number of carbonyl (C=O) groups excluding carboxylic acids is 2. The maximum absolute atomic E-state index is 12.1. The molecule has 0 atom stereocenters. The van der Waals surface area contributed by atoms with E-state index in [-0.39, 0.29) is 22.6 Å². The number of benzene rings is 1. The Morgan fingerprint density at radius 3 is 1.80 bits per heavy atom. The lowest BCUT2D eigenvalue weighted by molar-refractivity contribution is 0.0599. The summed E-state index contributed by atoms with van der Waals surface area (Å²) in [6.07, 6.45) is 0. The summed E-state index contributed by atoms with van der Waals surface area (Å²) in [7, 11) is 2.43. The third-order valence-corrected chi connectivity index (χ3v) is 3.22. The summed E-state index contributed by atoms with van der Waals surface area (Å²) in [5.41, 5.74) is 0.429. The lowest BCUT2D eigenvalue weighted by Crippen LogP contribution is -2.20. The van der Waals surface area contributed by atoms with Gasteiger partial charge in [0.1, 0.15) is 5.75 Å². The van der Waals surface area contributed by atoms with E-state index in [9.17, 15) is 19.5 Å². The molecular weight excluding hydrogens is 326 g/mol. The minimum Gasteiger partial charge on any atom is -0.508 e. The molecule has 0 spiro atoms. The van der Waals surface area contributed by atoms with E-state index in [0.29, 0.717) is 5.69 Å². The second-order valence-corrected chi connectivity index (χ2v) is 4.78. The molecule has 0 fully saturated rings. The molecular formula is C18H21NO6. The van der Waals surface area contributed by atoms with Crippen LogP contribution in [-0.4, -0.2) is 35.8 Å². The predicted molar refractivity (Wildman–Crippen MR) is 92.5 cm³/mol. The molecule has 0 amide bonds. The van der Waals surface area contributed by atoms with Crippen LogP contribution in [0, 0.1) is 6.92 Å². The summed E-state index contributed by atoms with van der Waals surface area (Å²) in [5, 5.41) is 9.47. The first kappa shape index (κ1) is 20.0. The Hall–Kier alpha value is -3.09. The lowest BCUT2D eigenvalue weighted by atomic mass is 10.1. The number of hydrogen-bond donors (Lipinski definition) is 1. The zero-order valence-electron chi connectivity index (χ0n) is 14.8. The van der Waals surface area contributed by atoms with E-state index >= 15 is 0 Å². The van der Waals surface area contributed by atoms with Crippen LogP contribution < -0.4 is 5.56 Å². The van der Waals surface area contributed by atoms with Gasteiger partial charge in [-0.1, -0.05) is 13.8 Å². The van der Waals surface area contributed by atoms with Crippen LogP contribution in [0.4, 0.5) is 0 Å². The van der Waals surface area contributed by atoms with E-state index in [4.69, 9.17) is 0 Å². The highest BCUT2D eigenvalue weighted by Gasteiger charge is 2.16. The van der Waals surface area contributed by atoms with E-state index in [1.165, 1.54) is 43.1 Å². The molecule has 2 aromatic rings. The minimum atomic E-state index is -0.651. The van der Waals surface area contributed by atoms with Crippen LogP contribution in [-0.2, 0) is 9.47 Å². The molecule has 0 saturated carbocycles. The molecule has 0 aliphatic carbocycles. The molecule has 7 nitrogen and oxygen atoms in total. The number of pyridine rings is 1. The van der Waals surface area contributed by atoms with Crippen LogP contribution in [0.2, 0.25) is 0 Å². The number of aromatic nitrogens is 1. The number of carbonyl (C=O) groups is 2. The summed E-state index contributed by atoms with van der Waals surface area (Å²) < 4.78 is 10.6. The van der Waals surface area contributed by atoms with Gasteiger partial charge in [-0.05, 0) is 31.2 Å². The summed E-state index contributed by atoms with van der Waals surface area (Å²) in [6, 6.07) is 6.59. The smallest absolute Gasteiger partial charge is 0.337 e. The Morgan fingerprint density at radius 2 is 1.40 bits per heavy atom. The van der Waals surface area contributed by atoms with Crippen molar-refractivity contribution in [2.24, 2.45) is 0 Å². The van der Waals surface area contributed by atoms with Crippen molar-refractivity contribution in [3.63, 3.8) is 0 Å². The molecule has 1 N–H and O–H groups in total. The van der Waals surface area contributed by atoms with Crippen LogP contribution >= 0.6 is 0 Å². The molecule has 0 saturated heterocycles. The first-order valence-electron chi connectivity index (χ1n) is 7.62. The van der Waals surface area contributed by atoms with Crippen LogP contribution in [0.5, 0.6) is 5.75 Å². The molecule has 0 aliphatic heterocycles. The fourth-order valence-electron chi connectivity index (χ4n) is 2.23. The average Bonchev–Trinajstić information content (AvgIpc) is 2.60. The molecule has 1 heterocycles. The number of rotatable bonds is 3. The third-order valence-electron chi connectivity index (χ3n) is 3.22. The molecule has 0 bridgehead atoms. The summed E-state index contributed by atoms with van der Waals surface area (Å²) in [4.78, 5) is 35.7. The highest BCUT2D eigenvalue weighted by Crippen LogP contribution is 2.18. The van der Waals surface area contributed by atoms with Crippen LogP contribution in [0.3, 0.4) is 0 Å². The van der Waals surface area contributed by atoms with Gasteiger partial charge in [0.15, 0.2) is 0 Å². The number of ether oxygens (including phenoxy) is 2. The van der Waals surface area contributed by atoms with Gasteiger partial charge in [-0.15, -0.1) is 0 Å². The fourth-order valence-corrected chi connectivity index (χ4v) is 2.23. The first-order chi connectivity index (χ1) is 11.9. The minimum absolute atomic E-state index is 0.102. The van der Waals surface area contributed by atoms with E-state index in [1.54, 1.807) is 6.92 Å². The van der Waals surface area contributed by atoms with Gasteiger partial charge in [0, 0.05) is 11.8 Å². The van der Waals surface area contributed by atoms with E-state index in [2.05, 4.69) is 9.47 Å². The van der Waals surface area contributed by atoms with E-state index in [1.807, 2.05) is 13.8 Å². The monoisotopic (exact) mass is 347 g/mol. The maximum Gasteiger partial charge on any atom is 0.337 e. The Bertz CT molecular complexity index is 804. The van der Waals surface area contributed by atoms with Crippen molar-refractivity contribution in [1.82, 2.24) is 4.57 Å². The van der Waals surface area contributed by atoms with Gasteiger partial charge in [0.2, 0.25) is 0 Å². The molecule has 1 aromatic heterocycles. The number of esters is 2. The van der Waals surface area contributed by atoms with Gasteiger partial charge in [-0.25, -0.2) is 9.59 Å². The highest BCUT2D eigenvalue weighted by atomic mass is 16.5. The normalized spacial score (nSPS) is 9.64. The first-order valence-corrected chi connectivity index (χ1v) is 7.62. The lowest BCUT2D eigenvalue weighted by Gasteiger charge is -2.13. The molecule has 1 aromatic carbocycles. The standard InChI is InChI=1S/C16H15NO6.C2H6/c1-9-4-13(18)8-14(19)17(9)12-6-10(15(20)22-2)5-11(7-12)16(21)23-3;1-2/h4-8,18H,1-3H3;1-2H3. The van der Waals surface area contributed by atoms with Crippen molar-refractivity contribution in [3.05, 3.63) is 57.5 Å². The zero-order chi connectivity index (χ0) is 19.1. The quantitative estimate of drug-likeness (QED) is 0.857. The zero-order valence-corrected chi connectivity index (χ0v) is 14.8. The van der Waals surface area contributed by atoms with Gasteiger partial charge < -0.3 is 14.6 Å². The summed E-state index contributed by atoms with van der Waals surface area (Å²) in [6.45, 7) is 5.61. The molecule has 0 aliphatic rings. The number of aromatic hydroxyl groups is 1. The maximum atomic E-state index is 12.1. The van der Waals surface area contributed by atoms with Gasteiger partial charge >= 0.3 is 11.9 Å². The van der Waals surface area contributed by atoms with Crippen molar-refractivity contribution in [2.75, 3.05) is 14.2 Å². The van der Waals surface area contributed by atoms with Gasteiger partial charge in [-0.3, -0.25) is 9.36 Å². The molecule has 0 unspecified atom stereocenters. The summed E-state index contributed by atoms with van der Waals surface area (Å²) >= 11 is 0. The number of nitrogens with zero attached hydrogens (tertiary/aromatic N) is 1. The Labute approximate surface area is 145 Å². The average molecular weight is 347 g/mol. The highest BCUT2D eigenvalue weighted by molar-refractivity contribution is 5.96. The third kappa shape index (κ3) is 4.47. The second-order valence-electron chi connectivity index (χ2n) is 4.78. The Morgan fingerprint density at radius 1 is 0.920 bits per heavy atom. The van der Waals surface area contributed by atoms with Crippen molar-refractivity contribution in [2.45, 2.75) is 20.8 Å². The molecule has 0 radical (unpaired) electrons. The number of methoxy groups -OCH3 is 2. The molecule has 134 valence electrons. The van der Waals surface area contributed by atoms with Crippen molar-refractivity contribution in [3.8, 4) is 11.4 Å². The fraction of sp³-hybridized carbons (Fsp3) is 0.278. The predicted octanol–water partition coefficient (Wildman–Crippen LogP) is 2.45. The van der Waals surface area contributed by atoms with Crippen LogP contribution in [0.15, 0.2) is 35.1 Å². The molecule has 7 heteroatoms. The molecule has 25 heavy (non-hydrogen) atoms. The van der Waals surface area contributed by atoms with E-state index < -0.39 is 17.5 Å². The van der Waals surface area contributed by atoms with Crippen molar-refractivity contribution in [1.29, 1.82) is 0 Å². The molecule has 2 rings (SSSR count). The Balaban J connectivity index is 0.00000151. The Kier molecular flexibility index (Phi) is 6.93. The van der Waals surface area contributed by atoms with Crippen LogP contribution in [0.25, 0.3) is 5.69 Å². The topological polar surface area (TPSA) is 94.8 Å². The number of hydrogen-bond acceptors (Lipinski definition) is 6. The van der Waals surface area contributed by atoms with Crippen molar-refractivity contribution >= 4 is 11.9 Å². The van der Waals surface area contributed by atoms with Crippen molar-refractivity contribution < 1.29 is 24.2 Å². The van der Waals surface area contributed by atoms with Gasteiger partial charge in [0.25, 0.3) is 5.56 Å². The van der Waals surface area contributed by atoms with Gasteiger partial charge in [0.05, 0.1) is 31.0 Å². The van der Waals surface area contributed by atoms with E-state index in [0.717, 1.165) is 6.07 Å². The van der Waals surface area contributed by atoms with Gasteiger partial charge in [-0.2, -0.15) is 0 Å². The largest absolute Gasteiger partial charge is 0.508 e. The second kappa shape index (κ2) is 8.68. The number of aryl methyl sites for hydroxylation is 1.